The summed E-state index contributed by atoms with van der Waals surface area (Å²) in [6.45, 7) is 0.719. The minimum Gasteiger partial charge on any atom is -0.472 e. The molecule has 9 heteroatoms. The van der Waals surface area contributed by atoms with E-state index in [9.17, 15) is 8.42 Å². The van der Waals surface area contributed by atoms with Gasteiger partial charge in [0, 0.05) is 18.9 Å². The summed E-state index contributed by atoms with van der Waals surface area (Å²) in [4.78, 5) is 7.94. The minimum atomic E-state index is -3.49. The fraction of sp³-hybridized carbons (Fsp3) is 0.333. The highest BCUT2D eigenvalue weighted by Gasteiger charge is 2.34. The Morgan fingerprint density at radius 1 is 1.38 bits per heavy atom. The largest absolute Gasteiger partial charge is 0.472 e. The van der Waals surface area contributed by atoms with Gasteiger partial charge in [0.2, 0.25) is 5.88 Å². The monoisotopic (exact) mass is 345 g/mol. The van der Waals surface area contributed by atoms with Crippen LogP contribution in [-0.2, 0) is 10.0 Å². The van der Waals surface area contributed by atoms with Crippen molar-refractivity contribution in [1.29, 1.82) is 0 Å². The molecule has 0 bridgehead atoms. The Morgan fingerprint density at radius 3 is 2.90 bits per heavy atom. The van der Waals surface area contributed by atoms with E-state index in [1.807, 2.05) is 0 Å². The summed E-state index contributed by atoms with van der Waals surface area (Å²) in [5.41, 5.74) is 0. The van der Waals surface area contributed by atoms with E-state index in [0.29, 0.717) is 29.7 Å². The molecule has 0 amide bonds. The van der Waals surface area contributed by atoms with Gasteiger partial charge in [-0.25, -0.2) is 13.4 Å². The summed E-state index contributed by atoms with van der Waals surface area (Å²) in [6.07, 6.45) is 5.00. The van der Waals surface area contributed by atoms with Crippen molar-refractivity contribution >= 4 is 33.0 Å². The molecule has 2 aromatic heterocycles. The van der Waals surface area contributed by atoms with E-state index in [0.717, 1.165) is 11.3 Å². The lowest BCUT2D eigenvalue weighted by Gasteiger charge is -2.15. The average molecular weight is 346 g/mol. The van der Waals surface area contributed by atoms with Gasteiger partial charge in [-0.15, -0.1) is 11.3 Å². The molecule has 0 N–H and O–H groups in total. The zero-order valence-corrected chi connectivity index (χ0v) is 13.2. The van der Waals surface area contributed by atoms with Crippen LogP contribution in [-0.4, -0.2) is 41.9 Å². The first-order valence-corrected chi connectivity index (χ1v) is 8.87. The second-order valence-electron chi connectivity index (χ2n) is 4.49. The maximum Gasteiger partial charge on any atom is 0.252 e. The molecule has 1 saturated heterocycles. The molecule has 0 aromatic carbocycles. The molecule has 0 unspecified atom stereocenters. The second-order valence-corrected chi connectivity index (χ2v) is 8.37. The van der Waals surface area contributed by atoms with E-state index in [1.54, 1.807) is 12.3 Å². The van der Waals surface area contributed by atoms with Gasteiger partial charge < -0.3 is 4.74 Å². The van der Waals surface area contributed by atoms with Gasteiger partial charge in [0.1, 0.15) is 10.3 Å². The molecule has 1 fully saturated rings. The van der Waals surface area contributed by atoms with E-state index in [-0.39, 0.29) is 10.3 Å². The molecule has 3 heterocycles. The van der Waals surface area contributed by atoms with Gasteiger partial charge >= 0.3 is 0 Å². The van der Waals surface area contributed by atoms with E-state index in [2.05, 4.69) is 9.97 Å². The zero-order valence-electron chi connectivity index (χ0n) is 10.8. The molecule has 0 saturated carbocycles. The molecule has 21 heavy (non-hydrogen) atoms. The third kappa shape index (κ3) is 3.18. The lowest BCUT2D eigenvalue weighted by Crippen LogP contribution is -2.30. The molecule has 0 aliphatic carbocycles. The third-order valence-electron chi connectivity index (χ3n) is 3.08. The van der Waals surface area contributed by atoms with Crippen LogP contribution in [0.25, 0.3) is 0 Å². The van der Waals surface area contributed by atoms with E-state index >= 15 is 0 Å². The highest BCUT2D eigenvalue weighted by molar-refractivity contribution is 7.91. The third-order valence-corrected chi connectivity index (χ3v) is 6.64. The van der Waals surface area contributed by atoms with Gasteiger partial charge in [-0.2, -0.15) is 4.31 Å². The van der Waals surface area contributed by atoms with Gasteiger partial charge in [0.05, 0.1) is 17.1 Å². The van der Waals surface area contributed by atoms with Gasteiger partial charge in [0.25, 0.3) is 10.0 Å². The smallest absolute Gasteiger partial charge is 0.252 e. The van der Waals surface area contributed by atoms with Crippen molar-refractivity contribution < 1.29 is 13.2 Å². The number of ether oxygens (including phenoxy) is 1. The molecular formula is C12H12ClN3O3S2. The summed E-state index contributed by atoms with van der Waals surface area (Å²) in [7, 11) is -3.49. The lowest BCUT2D eigenvalue weighted by atomic mass is 10.3. The molecule has 6 nitrogen and oxygen atoms in total. The van der Waals surface area contributed by atoms with Crippen LogP contribution in [0.2, 0.25) is 4.34 Å². The number of rotatable bonds is 4. The Hall–Kier alpha value is -1.22. The van der Waals surface area contributed by atoms with Crippen LogP contribution in [0.4, 0.5) is 0 Å². The molecule has 112 valence electrons. The summed E-state index contributed by atoms with van der Waals surface area (Å²) in [5.74, 6) is 0.404. The fourth-order valence-electron chi connectivity index (χ4n) is 2.09. The zero-order chi connectivity index (χ0) is 14.9. The summed E-state index contributed by atoms with van der Waals surface area (Å²) in [6, 6.07) is 3.11. The SMILES string of the molecule is O=S(=O)(c1ccc(Cl)s1)N1CC[C@H](Oc2cnccn2)C1. The topological polar surface area (TPSA) is 72.4 Å². The molecule has 0 radical (unpaired) electrons. The van der Waals surface area contributed by atoms with Crippen LogP contribution in [0.3, 0.4) is 0 Å². The number of halogens is 1. The molecular weight excluding hydrogens is 334 g/mol. The van der Waals surface area contributed by atoms with Gasteiger partial charge in [0.15, 0.2) is 0 Å². The number of hydrogen-bond donors (Lipinski definition) is 0. The van der Waals surface area contributed by atoms with E-state index in [4.69, 9.17) is 16.3 Å². The van der Waals surface area contributed by atoms with Crippen molar-refractivity contribution in [3.63, 3.8) is 0 Å². The van der Waals surface area contributed by atoms with Gasteiger partial charge in [-0.1, -0.05) is 11.6 Å². The standard InChI is InChI=1S/C12H12ClN3O3S2/c13-10-1-2-12(20-10)21(17,18)16-6-3-9(8-16)19-11-7-14-4-5-15-11/h1-2,4-5,7,9H,3,6,8H2/t9-/m0/s1. The molecule has 1 aliphatic rings. The Morgan fingerprint density at radius 2 is 2.24 bits per heavy atom. The first-order valence-electron chi connectivity index (χ1n) is 6.24. The van der Waals surface area contributed by atoms with Gasteiger partial charge in [-0.05, 0) is 18.6 Å². The first-order chi connectivity index (χ1) is 10.1. The molecule has 2 aromatic rings. The Balaban J connectivity index is 1.69. The van der Waals surface area contributed by atoms with Crippen LogP contribution < -0.4 is 4.74 Å². The molecule has 1 aliphatic heterocycles. The molecule has 1 atom stereocenters. The highest BCUT2D eigenvalue weighted by atomic mass is 35.5. The maximum absolute atomic E-state index is 12.4. The number of thiophene rings is 1. The van der Waals surface area contributed by atoms with Crippen molar-refractivity contribution in [2.75, 3.05) is 13.1 Å². The Bertz CT molecular complexity index is 720. The number of sulfonamides is 1. The maximum atomic E-state index is 12.4. The van der Waals surface area contributed by atoms with Crippen LogP contribution in [0.1, 0.15) is 6.42 Å². The number of nitrogens with zero attached hydrogens (tertiary/aromatic N) is 3. The Kier molecular flexibility index (Phi) is 4.12. The fourth-order valence-corrected chi connectivity index (χ4v) is 5.22. The predicted octanol–water partition coefficient (Wildman–Crippen LogP) is 2.03. The van der Waals surface area contributed by atoms with Crippen LogP contribution in [0.5, 0.6) is 5.88 Å². The first kappa shape index (κ1) is 14.7. The second kappa shape index (κ2) is 5.88. The van der Waals surface area contributed by atoms with Gasteiger partial charge in [-0.3, -0.25) is 4.98 Å². The van der Waals surface area contributed by atoms with Crippen molar-refractivity contribution in [2.45, 2.75) is 16.7 Å². The van der Waals surface area contributed by atoms with E-state index < -0.39 is 10.0 Å². The highest BCUT2D eigenvalue weighted by Crippen LogP contribution is 2.30. The summed E-state index contributed by atoms with van der Waals surface area (Å²) >= 11 is 6.86. The van der Waals surface area contributed by atoms with Crippen molar-refractivity contribution in [3.8, 4) is 5.88 Å². The average Bonchev–Trinajstić information content (AvgIpc) is 3.10. The van der Waals surface area contributed by atoms with Crippen molar-refractivity contribution in [2.24, 2.45) is 0 Å². The Labute approximate surface area is 131 Å². The van der Waals surface area contributed by atoms with Crippen molar-refractivity contribution in [1.82, 2.24) is 14.3 Å². The normalized spacial score (nSPS) is 19.8. The van der Waals surface area contributed by atoms with Crippen molar-refractivity contribution in [3.05, 3.63) is 35.1 Å². The lowest BCUT2D eigenvalue weighted by molar-refractivity contribution is 0.206. The number of hydrogen-bond acceptors (Lipinski definition) is 6. The predicted molar refractivity (Wildman–Crippen MR) is 79.2 cm³/mol. The minimum absolute atomic E-state index is 0.216. The van der Waals surface area contributed by atoms with Crippen LogP contribution in [0, 0.1) is 0 Å². The molecule has 0 spiro atoms. The summed E-state index contributed by atoms with van der Waals surface area (Å²) < 4.78 is 32.6. The quantitative estimate of drug-likeness (QED) is 0.847. The van der Waals surface area contributed by atoms with Crippen LogP contribution in [0.15, 0.2) is 34.9 Å². The van der Waals surface area contributed by atoms with E-state index in [1.165, 1.54) is 22.8 Å². The molecule has 3 rings (SSSR count). The van der Waals surface area contributed by atoms with Crippen LogP contribution >= 0.6 is 22.9 Å². The number of aromatic nitrogens is 2. The summed E-state index contributed by atoms with van der Waals surface area (Å²) in [5, 5.41) is 0.